The Morgan fingerprint density at radius 2 is 1.96 bits per heavy atom. The van der Waals surface area contributed by atoms with Crippen LogP contribution < -0.4 is 10.6 Å². The second kappa shape index (κ2) is 7.29. The van der Waals surface area contributed by atoms with E-state index >= 15 is 0 Å². The van der Waals surface area contributed by atoms with E-state index in [0.717, 1.165) is 11.3 Å². The summed E-state index contributed by atoms with van der Waals surface area (Å²) in [7, 11) is 0. The van der Waals surface area contributed by atoms with Crippen LogP contribution in [0.1, 0.15) is 42.0 Å². The van der Waals surface area contributed by atoms with Crippen molar-refractivity contribution in [2.45, 2.75) is 38.5 Å². The molecule has 2 amide bonds. The van der Waals surface area contributed by atoms with Gasteiger partial charge in [-0.3, -0.25) is 14.7 Å². The molecular weight excluding hydrogens is 304 g/mol. The van der Waals surface area contributed by atoms with E-state index < -0.39 is 0 Å². The van der Waals surface area contributed by atoms with Gasteiger partial charge < -0.3 is 10.6 Å². The zero-order valence-electron chi connectivity index (χ0n) is 13.8. The number of H-pyrrole nitrogens is 1. The molecule has 0 atom stereocenters. The molecular formula is C18H22N4O2. The van der Waals surface area contributed by atoms with E-state index in [1.54, 1.807) is 0 Å². The largest absolute Gasteiger partial charge is 0.347 e. The minimum atomic E-state index is -0.271. The average molecular weight is 326 g/mol. The molecule has 1 aliphatic carbocycles. The molecule has 24 heavy (non-hydrogen) atoms. The van der Waals surface area contributed by atoms with Crippen LogP contribution in [0.4, 0.5) is 5.82 Å². The predicted octanol–water partition coefficient (Wildman–Crippen LogP) is 2.28. The molecule has 3 rings (SSSR count). The molecule has 3 N–H and O–H groups in total. The van der Waals surface area contributed by atoms with E-state index in [1.165, 1.54) is 18.4 Å². The van der Waals surface area contributed by atoms with E-state index in [9.17, 15) is 9.59 Å². The predicted molar refractivity (Wildman–Crippen MR) is 91.7 cm³/mol. The van der Waals surface area contributed by atoms with Gasteiger partial charge in [0.25, 0.3) is 0 Å². The number of anilines is 1. The lowest BCUT2D eigenvalue weighted by Crippen LogP contribution is -2.33. The first kappa shape index (κ1) is 16.2. The fourth-order valence-corrected chi connectivity index (χ4v) is 2.47. The number of hydrogen-bond acceptors (Lipinski definition) is 3. The third-order valence-corrected chi connectivity index (χ3v) is 4.09. The number of rotatable bonds is 7. The van der Waals surface area contributed by atoms with Crippen LogP contribution in [0.3, 0.4) is 0 Å². The summed E-state index contributed by atoms with van der Waals surface area (Å²) >= 11 is 0. The van der Waals surface area contributed by atoms with E-state index in [-0.39, 0.29) is 18.4 Å². The van der Waals surface area contributed by atoms with Gasteiger partial charge in [-0.25, -0.2) is 0 Å². The standard InChI is InChI=1S/C18H22N4O2/c1-12-2-4-13(5-3-12)6-9-17(23)19-11-18(24)20-16-10-15(21-22-16)14-7-8-14/h2-5,10,14H,6-9,11H2,1H3,(H,19,23)(H2,20,21,22,24). The first-order valence-corrected chi connectivity index (χ1v) is 8.27. The first-order chi connectivity index (χ1) is 11.6. The quantitative estimate of drug-likeness (QED) is 0.729. The normalized spacial score (nSPS) is 13.5. The molecule has 0 radical (unpaired) electrons. The average Bonchev–Trinajstić information content (AvgIpc) is 3.32. The first-order valence-electron chi connectivity index (χ1n) is 8.27. The van der Waals surface area contributed by atoms with E-state index in [4.69, 9.17) is 0 Å². The maximum atomic E-state index is 11.8. The maximum absolute atomic E-state index is 11.8. The Morgan fingerprint density at radius 1 is 1.21 bits per heavy atom. The highest BCUT2D eigenvalue weighted by atomic mass is 16.2. The number of benzene rings is 1. The number of hydrogen-bond donors (Lipinski definition) is 3. The minimum absolute atomic E-state index is 0.0433. The van der Waals surface area contributed by atoms with Crippen LogP contribution in [-0.4, -0.2) is 28.6 Å². The van der Waals surface area contributed by atoms with Crippen molar-refractivity contribution in [1.82, 2.24) is 15.5 Å². The van der Waals surface area contributed by atoms with Gasteiger partial charge in [0.2, 0.25) is 11.8 Å². The Hall–Kier alpha value is -2.63. The molecule has 6 heteroatoms. The SMILES string of the molecule is Cc1ccc(CCC(=O)NCC(=O)Nc2cc(C3CC3)[nH]n2)cc1. The molecule has 2 aromatic rings. The summed E-state index contributed by atoms with van der Waals surface area (Å²) < 4.78 is 0. The summed E-state index contributed by atoms with van der Waals surface area (Å²) in [5.41, 5.74) is 3.37. The second-order valence-corrected chi connectivity index (χ2v) is 6.29. The number of nitrogens with one attached hydrogen (secondary N) is 3. The molecule has 0 aliphatic heterocycles. The summed E-state index contributed by atoms with van der Waals surface area (Å²) in [4.78, 5) is 23.7. The highest BCUT2D eigenvalue weighted by Crippen LogP contribution is 2.39. The fourth-order valence-electron chi connectivity index (χ4n) is 2.47. The zero-order chi connectivity index (χ0) is 16.9. The number of aromatic amines is 1. The lowest BCUT2D eigenvalue weighted by molar-refractivity contribution is -0.124. The molecule has 1 fully saturated rings. The van der Waals surface area contributed by atoms with Crippen molar-refractivity contribution < 1.29 is 9.59 Å². The van der Waals surface area contributed by atoms with E-state index in [1.807, 2.05) is 37.3 Å². The van der Waals surface area contributed by atoms with Crippen LogP contribution in [0.25, 0.3) is 0 Å². The molecule has 0 spiro atoms. The van der Waals surface area contributed by atoms with Crippen molar-refractivity contribution in [1.29, 1.82) is 0 Å². The van der Waals surface area contributed by atoms with E-state index in [2.05, 4.69) is 20.8 Å². The van der Waals surface area contributed by atoms with Crippen molar-refractivity contribution >= 4 is 17.6 Å². The summed E-state index contributed by atoms with van der Waals surface area (Å²) in [6.07, 6.45) is 3.38. The Balaban J connectivity index is 1.37. The molecule has 1 aromatic heterocycles. The number of carbonyl (C=O) groups excluding carboxylic acids is 2. The van der Waals surface area contributed by atoms with Gasteiger partial charge in [0.15, 0.2) is 5.82 Å². The molecule has 126 valence electrons. The van der Waals surface area contributed by atoms with Gasteiger partial charge in [-0.1, -0.05) is 29.8 Å². The van der Waals surface area contributed by atoms with Gasteiger partial charge in [0.05, 0.1) is 6.54 Å². The van der Waals surface area contributed by atoms with Crippen LogP contribution in [0.15, 0.2) is 30.3 Å². The topological polar surface area (TPSA) is 86.9 Å². The van der Waals surface area contributed by atoms with Crippen molar-refractivity contribution in [3.63, 3.8) is 0 Å². The Morgan fingerprint density at radius 3 is 2.67 bits per heavy atom. The zero-order valence-corrected chi connectivity index (χ0v) is 13.8. The number of aromatic nitrogens is 2. The molecule has 0 unspecified atom stereocenters. The number of aryl methyl sites for hydroxylation is 2. The van der Waals surface area contributed by atoms with Gasteiger partial charge in [-0.05, 0) is 31.7 Å². The summed E-state index contributed by atoms with van der Waals surface area (Å²) in [5.74, 6) is 0.666. The molecule has 0 bridgehead atoms. The second-order valence-electron chi connectivity index (χ2n) is 6.29. The van der Waals surface area contributed by atoms with E-state index in [0.29, 0.717) is 24.6 Å². The summed E-state index contributed by atoms with van der Waals surface area (Å²) in [5, 5.41) is 12.3. The Kier molecular flexibility index (Phi) is 4.93. The fraction of sp³-hybridized carbons (Fsp3) is 0.389. The Labute approximate surface area is 141 Å². The number of carbonyl (C=O) groups is 2. The lowest BCUT2D eigenvalue weighted by Gasteiger charge is -2.05. The van der Waals surface area contributed by atoms with Gasteiger partial charge in [0, 0.05) is 24.1 Å². The van der Waals surface area contributed by atoms with Crippen LogP contribution in [0, 0.1) is 6.92 Å². The van der Waals surface area contributed by atoms with Crippen LogP contribution in [0.5, 0.6) is 0 Å². The number of amides is 2. The van der Waals surface area contributed by atoms with Crippen molar-refractivity contribution in [3.05, 3.63) is 47.2 Å². The summed E-state index contributed by atoms with van der Waals surface area (Å²) in [6, 6.07) is 9.95. The lowest BCUT2D eigenvalue weighted by atomic mass is 10.1. The van der Waals surface area contributed by atoms with Gasteiger partial charge in [-0.15, -0.1) is 0 Å². The molecule has 6 nitrogen and oxygen atoms in total. The maximum Gasteiger partial charge on any atom is 0.244 e. The molecule has 1 heterocycles. The van der Waals surface area contributed by atoms with Gasteiger partial charge in [0.1, 0.15) is 0 Å². The highest BCUT2D eigenvalue weighted by molar-refractivity contribution is 5.93. The Bertz CT molecular complexity index is 717. The minimum Gasteiger partial charge on any atom is -0.347 e. The van der Waals surface area contributed by atoms with Gasteiger partial charge in [-0.2, -0.15) is 5.10 Å². The molecule has 1 aromatic carbocycles. The third-order valence-electron chi connectivity index (χ3n) is 4.09. The van der Waals surface area contributed by atoms with Crippen molar-refractivity contribution in [3.8, 4) is 0 Å². The van der Waals surface area contributed by atoms with Crippen LogP contribution in [-0.2, 0) is 16.0 Å². The number of nitrogens with zero attached hydrogens (tertiary/aromatic N) is 1. The molecule has 1 saturated carbocycles. The monoisotopic (exact) mass is 326 g/mol. The smallest absolute Gasteiger partial charge is 0.244 e. The third kappa shape index (κ3) is 4.68. The summed E-state index contributed by atoms with van der Waals surface area (Å²) in [6.45, 7) is 1.99. The van der Waals surface area contributed by atoms with Crippen molar-refractivity contribution in [2.24, 2.45) is 0 Å². The van der Waals surface area contributed by atoms with Crippen LogP contribution >= 0.6 is 0 Å². The highest BCUT2D eigenvalue weighted by Gasteiger charge is 2.25. The molecule has 1 aliphatic rings. The van der Waals surface area contributed by atoms with Crippen LogP contribution in [0.2, 0.25) is 0 Å². The van der Waals surface area contributed by atoms with Crippen molar-refractivity contribution in [2.75, 3.05) is 11.9 Å². The van der Waals surface area contributed by atoms with Gasteiger partial charge >= 0.3 is 0 Å². The molecule has 0 saturated heterocycles.